The Kier molecular flexibility index (Phi) is 14.7. The van der Waals surface area contributed by atoms with Crippen LogP contribution in [0.1, 0.15) is 89.5 Å². The Hall–Kier alpha value is -3.42. The molecule has 3 aromatic rings. The summed E-state index contributed by atoms with van der Waals surface area (Å²) in [4.78, 5) is 27.9. The van der Waals surface area contributed by atoms with Gasteiger partial charge < -0.3 is 9.47 Å². The van der Waals surface area contributed by atoms with E-state index in [1.807, 2.05) is 90.1 Å². The summed E-state index contributed by atoms with van der Waals surface area (Å²) in [5.41, 5.74) is 7.31. The van der Waals surface area contributed by atoms with Crippen molar-refractivity contribution in [2.45, 2.75) is 104 Å². The molecule has 0 unspecified atom stereocenters. The number of fused-ring (bicyclic) bond motifs is 3. The van der Waals surface area contributed by atoms with Crippen molar-refractivity contribution >= 4 is 70.3 Å². The normalized spacial score (nSPS) is 15.4. The summed E-state index contributed by atoms with van der Waals surface area (Å²) in [7, 11) is -4.27. The van der Waals surface area contributed by atoms with E-state index in [1.54, 1.807) is 34.8 Å². The molecule has 0 fully saturated rings. The van der Waals surface area contributed by atoms with Crippen LogP contribution >= 0.6 is 15.9 Å². The van der Waals surface area contributed by atoms with Crippen LogP contribution in [0.15, 0.2) is 67.8 Å². The third kappa shape index (κ3) is 13.6. The molecule has 55 heavy (non-hydrogen) atoms. The van der Waals surface area contributed by atoms with Gasteiger partial charge in [0.1, 0.15) is 11.2 Å². The van der Waals surface area contributed by atoms with Gasteiger partial charge in [0.15, 0.2) is 0 Å². The number of benzene rings is 3. The highest BCUT2D eigenvalue weighted by molar-refractivity contribution is 9.10. The van der Waals surface area contributed by atoms with Crippen molar-refractivity contribution in [3.63, 3.8) is 0 Å². The average Bonchev–Trinajstić information content (AvgIpc) is 3.06. The number of carbonyl (C=O) groups is 2. The van der Waals surface area contributed by atoms with Gasteiger partial charge in [-0.3, -0.25) is 9.80 Å². The largest absolute Gasteiger partial charge is 0.443 e. The van der Waals surface area contributed by atoms with Crippen LogP contribution in [0.5, 0.6) is 0 Å². The quantitative estimate of drug-likeness (QED) is 0.253. The molecule has 2 amide bonds. The third-order valence-corrected chi connectivity index (χ3v) is 10.7. The molecule has 0 spiro atoms. The van der Waals surface area contributed by atoms with Gasteiger partial charge in [-0.25, -0.2) is 18.0 Å². The maximum absolute atomic E-state index is 12.4. The molecule has 1 aliphatic carbocycles. The fourth-order valence-electron chi connectivity index (χ4n) is 6.61. The zero-order chi connectivity index (χ0) is 40.8. The van der Waals surface area contributed by atoms with Crippen molar-refractivity contribution in [3.8, 4) is 0 Å². The van der Waals surface area contributed by atoms with E-state index in [0.29, 0.717) is 12.2 Å². The van der Waals surface area contributed by atoms with Crippen LogP contribution < -0.4 is 9.80 Å². The number of anilines is 2. The molecule has 0 radical (unpaired) electrons. The van der Waals surface area contributed by atoms with Gasteiger partial charge in [0.25, 0.3) is 0 Å². The van der Waals surface area contributed by atoms with Gasteiger partial charge in [-0.05, 0) is 140 Å². The van der Waals surface area contributed by atoms with Gasteiger partial charge in [0.2, 0.25) is 0 Å². The number of ether oxygens (including phenoxy) is 2. The molecule has 10 nitrogen and oxygen atoms in total. The van der Waals surface area contributed by atoms with E-state index in [2.05, 4.69) is 30.7 Å². The van der Waals surface area contributed by atoms with Gasteiger partial charge in [-0.2, -0.15) is 8.73 Å². The molecule has 0 bridgehead atoms. The lowest BCUT2D eigenvalue weighted by Crippen LogP contribution is -2.39. The number of carbonyl (C=O) groups excluding carboxylic acids is 2. The number of hydrogen-bond donors (Lipinski definition) is 0. The van der Waals surface area contributed by atoms with Gasteiger partial charge in [-0.1, -0.05) is 40.2 Å². The molecule has 302 valence electrons. The Labute approximate surface area is 338 Å². The molecular weight excluding hydrogens is 801 g/mol. The minimum Gasteiger partial charge on any atom is -0.443 e. The molecule has 2 aliphatic heterocycles. The van der Waals surface area contributed by atoms with Gasteiger partial charge in [-0.15, -0.1) is 0 Å². The summed E-state index contributed by atoms with van der Waals surface area (Å²) < 4.78 is 44.3. The van der Waals surface area contributed by atoms with E-state index in [-0.39, 0.29) is 12.2 Å². The highest BCUT2D eigenvalue weighted by Crippen LogP contribution is 2.36. The lowest BCUT2D eigenvalue weighted by molar-refractivity contribution is 0.0567. The zero-order valence-corrected chi connectivity index (χ0v) is 37.4. The van der Waals surface area contributed by atoms with Crippen LogP contribution in [-0.2, 0) is 54.6 Å². The predicted molar refractivity (Wildman–Crippen MR) is 232 cm³/mol. The second kappa shape index (κ2) is 18.2. The molecule has 3 aromatic carbocycles. The average molecular weight is 860 g/mol. The number of rotatable bonds is 2. The van der Waals surface area contributed by atoms with Crippen LogP contribution in [0, 0.1) is 0 Å². The van der Waals surface area contributed by atoms with Crippen molar-refractivity contribution in [2.75, 3.05) is 47.9 Å². The van der Waals surface area contributed by atoms with Crippen LogP contribution in [0.2, 0.25) is 0 Å². The van der Waals surface area contributed by atoms with E-state index in [0.717, 1.165) is 72.2 Å². The van der Waals surface area contributed by atoms with Gasteiger partial charge >= 0.3 is 12.2 Å². The molecular formula is C42H59BrN4O6S2. The van der Waals surface area contributed by atoms with Crippen molar-refractivity contribution in [2.24, 2.45) is 8.73 Å². The summed E-state index contributed by atoms with van der Waals surface area (Å²) in [6, 6.07) is 17.7. The summed E-state index contributed by atoms with van der Waals surface area (Å²) in [6.07, 6.45) is 14.4. The molecule has 0 saturated heterocycles. The van der Waals surface area contributed by atoms with Crippen LogP contribution in [0.25, 0.3) is 0 Å². The highest BCUT2D eigenvalue weighted by Gasteiger charge is 2.29. The Morgan fingerprint density at radius 1 is 0.600 bits per heavy atom. The maximum Gasteiger partial charge on any atom is 0.414 e. The summed E-state index contributed by atoms with van der Waals surface area (Å²) in [5.74, 6) is 0. The second-order valence-electron chi connectivity index (χ2n) is 16.7. The lowest BCUT2D eigenvalue weighted by atomic mass is 9.91. The third-order valence-electron chi connectivity index (χ3n) is 8.65. The minimum atomic E-state index is -2.24. The van der Waals surface area contributed by atoms with E-state index in [4.69, 9.17) is 9.47 Å². The van der Waals surface area contributed by atoms with E-state index >= 15 is 0 Å². The minimum absolute atomic E-state index is 0.262. The first-order valence-electron chi connectivity index (χ1n) is 18.9. The van der Waals surface area contributed by atoms with Crippen molar-refractivity contribution < 1.29 is 27.5 Å². The predicted octanol–water partition coefficient (Wildman–Crippen LogP) is 10.8. The number of aryl methyl sites for hydroxylation is 1. The fraction of sp³-hybridized carbons (Fsp3) is 0.524. The smallest absolute Gasteiger partial charge is 0.414 e. The first-order valence-corrected chi connectivity index (χ1v) is 24.3. The standard InChI is InChI=1S/C16H24N2O3S.C14H18BrNO2.C12H17NOS/c1-16(2,3)21-15(19)18-11-7-8-12-13(17-22(4,5)20)9-6-10-14(12)18;1-14(2,3)18-13(17)16-9-5-6-10-11(15)7-4-8-12(10)16;1-15(2,14)13-12-9-5-7-10-6-3-4-8-11(10)12/h6,9-10H,7-8,11H2,1-5H3;4,7-8H,5-6,9H2,1-3H3;5,7,9H,3-4,6,8H2,1-2H3. The molecule has 2 heterocycles. The first kappa shape index (κ1) is 44.3. The topological polar surface area (TPSA) is 118 Å². The number of hydrogen-bond acceptors (Lipinski definition) is 8. The summed E-state index contributed by atoms with van der Waals surface area (Å²) >= 11 is 3.54. The number of nitrogens with zero attached hydrogens (tertiary/aromatic N) is 4. The van der Waals surface area contributed by atoms with E-state index < -0.39 is 30.7 Å². The molecule has 0 N–H and O–H groups in total. The molecule has 0 atom stereocenters. The van der Waals surface area contributed by atoms with Gasteiger partial charge in [0, 0.05) is 67.6 Å². The molecule has 6 rings (SSSR count). The maximum atomic E-state index is 12.4. The Morgan fingerprint density at radius 2 is 1.02 bits per heavy atom. The second-order valence-corrected chi connectivity index (χ2v) is 22.6. The SMILES string of the molecule is CC(C)(C)OC(=O)N1CCCc2c(Br)cccc21.CC(C)(C)OC(=O)N1CCCc2c(N=S(C)(C)=O)cccc21.CS(C)(=O)=Nc1cccc2c1CCCC2. The van der Waals surface area contributed by atoms with E-state index in [1.165, 1.54) is 29.5 Å². The van der Waals surface area contributed by atoms with Gasteiger partial charge in [0.05, 0.1) is 22.7 Å². The Balaban J connectivity index is 0.000000187. The molecule has 0 aromatic heterocycles. The number of amides is 2. The lowest BCUT2D eigenvalue weighted by Gasteiger charge is -2.32. The Morgan fingerprint density at radius 3 is 1.53 bits per heavy atom. The monoisotopic (exact) mass is 858 g/mol. The zero-order valence-electron chi connectivity index (χ0n) is 34.2. The Bertz CT molecular complexity index is 2110. The molecule has 3 aliphatic rings. The molecule has 13 heteroatoms. The summed E-state index contributed by atoms with van der Waals surface area (Å²) in [6.45, 7) is 12.6. The van der Waals surface area contributed by atoms with Crippen LogP contribution in [0.4, 0.5) is 32.3 Å². The number of halogens is 1. The van der Waals surface area contributed by atoms with Crippen molar-refractivity contribution in [1.29, 1.82) is 0 Å². The first-order chi connectivity index (χ1) is 25.5. The highest BCUT2D eigenvalue weighted by atomic mass is 79.9. The van der Waals surface area contributed by atoms with E-state index in [9.17, 15) is 18.0 Å². The fourth-order valence-corrected chi connectivity index (χ4v) is 8.45. The summed E-state index contributed by atoms with van der Waals surface area (Å²) in [5, 5.41) is 0. The van der Waals surface area contributed by atoms with Crippen LogP contribution in [-0.4, -0.2) is 69.9 Å². The van der Waals surface area contributed by atoms with Crippen molar-refractivity contribution in [3.05, 3.63) is 81.3 Å². The molecule has 0 saturated carbocycles. The van der Waals surface area contributed by atoms with Crippen LogP contribution in [0.3, 0.4) is 0 Å². The van der Waals surface area contributed by atoms with Crippen molar-refractivity contribution in [1.82, 2.24) is 0 Å².